The second-order valence-corrected chi connectivity index (χ2v) is 10.0. The standard InChI is InChI=1S/C27H48O4/c1-3-5-8-11-22-12-14-23(15-13-22)24-16-18-25(19-17-24)27(29)31-21-10-7-6-9-20-30-26(28)4-2/h22-25H,3-21H2,1-2H3. The second-order valence-electron chi connectivity index (χ2n) is 10.0. The van der Waals surface area contributed by atoms with Crippen LogP contribution >= 0.6 is 0 Å². The molecule has 0 N–H and O–H groups in total. The molecule has 0 radical (unpaired) electrons. The molecule has 0 heterocycles. The van der Waals surface area contributed by atoms with E-state index in [0.29, 0.717) is 19.6 Å². The molecular formula is C27H48O4. The van der Waals surface area contributed by atoms with Gasteiger partial charge in [-0.3, -0.25) is 9.59 Å². The van der Waals surface area contributed by atoms with Gasteiger partial charge >= 0.3 is 11.9 Å². The fraction of sp³-hybridized carbons (Fsp3) is 0.926. The van der Waals surface area contributed by atoms with Crippen LogP contribution in [0.1, 0.15) is 123 Å². The van der Waals surface area contributed by atoms with Crippen LogP contribution in [0.2, 0.25) is 0 Å². The molecule has 4 heteroatoms. The van der Waals surface area contributed by atoms with Gasteiger partial charge in [-0.2, -0.15) is 0 Å². The fourth-order valence-corrected chi connectivity index (χ4v) is 5.59. The highest BCUT2D eigenvalue weighted by Crippen LogP contribution is 2.42. The van der Waals surface area contributed by atoms with Gasteiger partial charge < -0.3 is 9.47 Å². The molecule has 0 aromatic carbocycles. The highest BCUT2D eigenvalue weighted by molar-refractivity contribution is 5.72. The summed E-state index contributed by atoms with van der Waals surface area (Å²) in [4.78, 5) is 23.5. The average molecular weight is 437 g/mol. The Kier molecular flexibility index (Phi) is 13.3. The molecule has 0 aromatic rings. The predicted octanol–water partition coefficient (Wildman–Crippen LogP) is 7.24. The Morgan fingerprint density at radius 2 is 1.26 bits per heavy atom. The van der Waals surface area contributed by atoms with Crippen LogP contribution in [-0.4, -0.2) is 25.2 Å². The number of rotatable bonds is 14. The molecule has 2 rings (SSSR count). The Bertz CT molecular complexity index is 487. The summed E-state index contributed by atoms with van der Waals surface area (Å²) in [6.07, 6.45) is 20.1. The smallest absolute Gasteiger partial charge is 0.308 e. The van der Waals surface area contributed by atoms with E-state index >= 15 is 0 Å². The van der Waals surface area contributed by atoms with E-state index < -0.39 is 0 Å². The molecule has 31 heavy (non-hydrogen) atoms. The maximum Gasteiger partial charge on any atom is 0.308 e. The molecule has 2 fully saturated rings. The van der Waals surface area contributed by atoms with E-state index in [1.807, 2.05) is 6.92 Å². The SMILES string of the molecule is CCCCCC1CCC(C2CCC(C(=O)OCCCCCCOC(=O)CC)CC2)CC1. The Morgan fingerprint density at radius 3 is 1.84 bits per heavy atom. The van der Waals surface area contributed by atoms with Crippen molar-refractivity contribution in [1.29, 1.82) is 0 Å². The maximum atomic E-state index is 12.4. The van der Waals surface area contributed by atoms with Gasteiger partial charge in [-0.15, -0.1) is 0 Å². The van der Waals surface area contributed by atoms with Gasteiger partial charge in [-0.1, -0.05) is 52.4 Å². The van der Waals surface area contributed by atoms with Crippen molar-refractivity contribution in [2.75, 3.05) is 13.2 Å². The van der Waals surface area contributed by atoms with Crippen molar-refractivity contribution in [3.63, 3.8) is 0 Å². The van der Waals surface area contributed by atoms with Gasteiger partial charge in [0.15, 0.2) is 0 Å². The van der Waals surface area contributed by atoms with Gasteiger partial charge in [0.2, 0.25) is 0 Å². The molecule has 4 nitrogen and oxygen atoms in total. The molecular weight excluding hydrogens is 388 g/mol. The first-order valence-corrected chi connectivity index (χ1v) is 13.5. The molecule has 180 valence electrons. The minimum Gasteiger partial charge on any atom is -0.466 e. The van der Waals surface area contributed by atoms with Crippen LogP contribution in [0.15, 0.2) is 0 Å². The van der Waals surface area contributed by atoms with Gasteiger partial charge in [0.1, 0.15) is 0 Å². The molecule has 0 spiro atoms. The van der Waals surface area contributed by atoms with E-state index in [1.54, 1.807) is 0 Å². The molecule has 0 bridgehead atoms. The Morgan fingerprint density at radius 1 is 0.677 bits per heavy atom. The largest absolute Gasteiger partial charge is 0.466 e. The summed E-state index contributed by atoms with van der Waals surface area (Å²) in [6, 6.07) is 0. The van der Waals surface area contributed by atoms with E-state index in [1.165, 1.54) is 64.2 Å². The third kappa shape index (κ3) is 10.4. The Balaban J connectivity index is 1.48. The van der Waals surface area contributed by atoms with Gasteiger partial charge in [-0.25, -0.2) is 0 Å². The number of unbranched alkanes of at least 4 members (excludes halogenated alkanes) is 5. The van der Waals surface area contributed by atoms with Gasteiger partial charge in [-0.05, 0) is 82.0 Å². The number of hydrogen-bond donors (Lipinski definition) is 0. The molecule has 0 aromatic heterocycles. The van der Waals surface area contributed by atoms with Gasteiger partial charge in [0, 0.05) is 6.42 Å². The lowest BCUT2D eigenvalue weighted by atomic mass is 9.68. The van der Waals surface area contributed by atoms with Crippen LogP contribution in [0.5, 0.6) is 0 Å². The lowest BCUT2D eigenvalue weighted by molar-refractivity contribution is -0.150. The zero-order valence-electron chi connectivity index (χ0n) is 20.4. The molecule has 0 amide bonds. The van der Waals surface area contributed by atoms with Crippen molar-refractivity contribution in [1.82, 2.24) is 0 Å². The van der Waals surface area contributed by atoms with Crippen molar-refractivity contribution in [2.24, 2.45) is 23.7 Å². The summed E-state index contributed by atoms with van der Waals surface area (Å²) in [7, 11) is 0. The molecule has 0 atom stereocenters. The minimum atomic E-state index is -0.126. The van der Waals surface area contributed by atoms with Crippen molar-refractivity contribution < 1.29 is 19.1 Å². The van der Waals surface area contributed by atoms with Crippen LogP contribution in [0.25, 0.3) is 0 Å². The molecule has 2 aliphatic rings. The highest BCUT2D eigenvalue weighted by atomic mass is 16.5. The molecule has 2 aliphatic carbocycles. The van der Waals surface area contributed by atoms with Crippen LogP contribution < -0.4 is 0 Å². The normalized spacial score (nSPS) is 26.4. The number of carbonyl (C=O) groups is 2. The van der Waals surface area contributed by atoms with E-state index in [0.717, 1.165) is 56.3 Å². The average Bonchev–Trinajstić information content (AvgIpc) is 2.81. The third-order valence-corrected chi connectivity index (χ3v) is 7.71. The van der Waals surface area contributed by atoms with E-state index in [4.69, 9.17) is 9.47 Å². The van der Waals surface area contributed by atoms with Crippen LogP contribution in [0, 0.1) is 23.7 Å². The Labute approximate surface area is 191 Å². The zero-order chi connectivity index (χ0) is 22.3. The molecule has 0 aliphatic heterocycles. The third-order valence-electron chi connectivity index (χ3n) is 7.71. The monoisotopic (exact) mass is 436 g/mol. The van der Waals surface area contributed by atoms with Crippen LogP contribution in [-0.2, 0) is 19.1 Å². The lowest BCUT2D eigenvalue weighted by Crippen LogP contribution is -2.29. The quantitative estimate of drug-likeness (QED) is 0.213. The Hall–Kier alpha value is -1.06. The van der Waals surface area contributed by atoms with Gasteiger partial charge in [0.05, 0.1) is 19.1 Å². The van der Waals surface area contributed by atoms with E-state index in [9.17, 15) is 9.59 Å². The number of ether oxygens (including phenoxy) is 2. The van der Waals surface area contributed by atoms with E-state index in [-0.39, 0.29) is 17.9 Å². The number of esters is 2. The van der Waals surface area contributed by atoms with Crippen molar-refractivity contribution in [3.05, 3.63) is 0 Å². The minimum absolute atomic E-state index is 0.0370. The molecule has 2 saturated carbocycles. The first-order valence-electron chi connectivity index (χ1n) is 13.5. The fourth-order valence-electron chi connectivity index (χ4n) is 5.59. The maximum absolute atomic E-state index is 12.4. The first kappa shape index (κ1) is 26.2. The van der Waals surface area contributed by atoms with Crippen LogP contribution in [0.3, 0.4) is 0 Å². The summed E-state index contributed by atoms with van der Waals surface area (Å²) in [5.41, 5.74) is 0. The number of carbonyl (C=O) groups excluding carboxylic acids is 2. The highest BCUT2D eigenvalue weighted by Gasteiger charge is 2.33. The van der Waals surface area contributed by atoms with Crippen molar-refractivity contribution in [3.8, 4) is 0 Å². The number of hydrogen-bond acceptors (Lipinski definition) is 4. The van der Waals surface area contributed by atoms with Gasteiger partial charge in [0.25, 0.3) is 0 Å². The predicted molar refractivity (Wildman–Crippen MR) is 126 cm³/mol. The molecule has 0 unspecified atom stereocenters. The summed E-state index contributed by atoms with van der Waals surface area (Å²) in [5.74, 6) is 2.79. The summed E-state index contributed by atoms with van der Waals surface area (Å²) in [5, 5.41) is 0. The molecule has 0 saturated heterocycles. The lowest BCUT2D eigenvalue weighted by Gasteiger charge is -2.37. The summed E-state index contributed by atoms with van der Waals surface area (Å²) >= 11 is 0. The van der Waals surface area contributed by atoms with Crippen LogP contribution in [0.4, 0.5) is 0 Å². The zero-order valence-corrected chi connectivity index (χ0v) is 20.4. The van der Waals surface area contributed by atoms with E-state index in [2.05, 4.69) is 6.92 Å². The van der Waals surface area contributed by atoms with Crippen molar-refractivity contribution in [2.45, 2.75) is 123 Å². The summed E-state index contributed by atoms with van der Waals surface area (Å²) in [6.45, 7) is 5.15. The van der Waals surface area contributed by atoms with Crippen molar-refractivity contribution >= 4 is 11.9 Å². The second kappa shape index (κ2) is 15.7. The topological polar surface area (TPSA) is 52.6 Å². The summed E-state index contributed by atoms with van der Waals surface area (Å²) < 4.78 is 10.6. The first-order chi connectivity index (χ1) is 15.1.